The van der Waals surface area contributed by atoms with Crippen LogP contribution in [0.15, 0.2) is 18.2 Å². The van der Waals surface area contributed by atoms with E-state index >= 15 is 0 Å². The maximum atomic E-state index is 14.3. The van der Waals surface area contributed by atoms with Gasteiger partial charge in [-0.05, 0) is 49.5 Å². The summed E-state index contributed by atoms with van der Waals surface area (Å²) in [4.78, 5) is 38.8. The molecule has 0 spiro atoms. The molecule has 0 aliphatic heterocycles. The number of fused-ring (bicyclic) bond motifs is 1. The van der Waals surface area contributed by atoms with Crippen LogP contribution >= 0.6 is 11.8 Å². The number of carboxylic acids is 1. The van der Waals surface area contributed by atoms with E-state index in [1.54, 1.807) is 11.8 Å². The summed E-state index contributed by atoms with van der Waals surface area (Å²) in [6.45, 7) is 0. The van der Waals surface area contributed by atoms with E-state index in [0.29, 0.717) is 37.0 Å². The van der Waals surface area contributed by atoms with E-state index in [0.717, 1.165) is 0 Å². The van der Waals surface area contributed by atoms with Gasteiger partial charge in [-0.15, -0.1) is 0 Å². The third-order valence-electron chi connectivity index (χ3n) is 6.56. The van der Waals surface area contributed by atoms with Crippen molar-refractivity contribution in [3.05, 3.63) is 35.3 Å². The lowest BCUT2D eigenvalue weighted by atomic mass is 9.60. The van der Waals surface area contributed by atoms with E-state index in [1.165, 1.54) is 29.8 Å². The Hall–Kier alpha value is -3.06. The summed E-state index contributed by atoms with van der Waals surface area (Å²) in [6.07, 6.45) is 3.95. The first-order valence-corrected chi connectivity index (χ1v) is 12.1. The molecule has 3 atom stereocenters. The Labute approximate surface area is 195 Å². The van der Waals surface area contributed by atoms with Crippen LogP contribution in [0.4, 0.5) is 4.39 Å². The van der Waals surface area contributed by atoms with E-state index in [-0.39, 0.29) is 23.1 Å². The first-order chi connectivity index (χ1) is 15.7. The molecule has 1 fully saturated rings. The number of hydrogen-bond donors (Lipinski definition) is 3. The Morgan fingerprint density at radius 2 is 2.15 bits per heavy atom. The number of nitriles is 1. The van der Waals surface area contributed by atoms with Crippen LogP contribution in [0.3, 0.4) is 0 Å². The van der Waals surface area contributed by atoms with Crippen LogP contribution in [0, 0.1) is 23.1 Å². The Morgan fingerprint density at radius 1 is 1.42 bits per heavy atom. The van der Waals surface area contributed by atoms with Crippen LogP contribution in [0.1, 0.15) is 48.2 Å². The van der Waals surface area contributed by atoms with Crippen LogP contribution in [0.5, 0.6) is 0 Å². The second-order valence-corrected chi connectivity index (χ2v) is 9.34. The Kier molecular flexibility index (Phi) is 7.32. The number of nitrogens with two attached hydrogens (primary N) is 1. The second kappa shape index (κ2) is 9.83. The number of amides is 2. The number of aromatic nitrogens is 1. The minimum absolute atomic E-state index is 0.0666. The minimum Gasteiger partial charge on any atom is -0.477 e. The summed E-state index contributed by atoms with van der Waals surface area (Å²) in [5, 5.41) is 22.5. The number of hydrogen-bond acceptors (Lipinski definition) is 5. The quantitative estimate of drug-likeness (QED) is 0.538. The molecule has 3 rings (SSSR count). The minimum atomic E-state index is -1.65. The molecule has 2 amide bonds. The van der Waals surface area contributed by atoms with Crippen molar-refractivity contribution in [2.45, 2.75) is 43.6 Å². The van der Waals surface area contributed by atoms with Crippen LogP contribution < -0.4 is 11.1 Å². The normalized spacial score (nSPS) is 21.3. The third-order valence-corrected chi connectivity index (χ3v) is 7.20. The van der Waals surface area contributed by atoms with Crippen molar-refractivity contribution < 1.29 is 23.9 Å². The Balaban J connectivity index is 2.23. The molecule has 2 aromatic rings. The highest BCUT2D eigenvalue weighted by atomic mass is 32.2. The van der Waals surface area contributed by atoms with Crippen molar-refractivity contribution in [1.29, 1.82) is 5.26 Å². The molecule has 0 bridgehead atoms. The molecule has 1 heterocycles. The lowest BCUT2D eigenvalue weighted by molar-refractivity contribution is -0.137. The van der Waals surface area contributed by atoms with E-state index in [4.69, 9.17) is 5.73 Å². The molecule has 33 heavy (non-hydrogen) atoms. The second-order valence-electron chi connectivity index (χ2n) is 8.35. The molecule has 1 aromatic heterocycles. The number of rotatable bonds is 8. The number of benzene rings is 1. The summed E-state index contributed by atoms with van der Waals surface area (Å²) in [5.74, 6) is -3.57. The highest BCUT2D eigenvalue weighted by Gasteiger charge is 2.54. The topological polar surface area (TPSA) is 138 Å². The number of thioether (sulfide) groups is 1. The van der Waals surface area contributed by atoms with E-state index in [1.807, 2.05) is 6.26 Å². The maximum absolute atomic E-state index is 14.3. The van der Waals surface area contributed by atoms with Gasteiger partial charge in [-0.1, -0.05) is 12.8 Å². The Morgan fingerprint density at radius 3 is 2.76 bits per heavy atom. The van der Waals surface area contributed by atoms with Gasteiger partial charge in [-0.2, -0.15) is 17.0 Å². The standard InChI is InChI=1S/C23H27FN4O4S/c1-28-17-7-6-13(24)11-15(17)18(19(28)21(30)31)23(22(26)32)9-4-3-5-16(23)20(29)27-14(12-25)8-10-33-2/h6-7,11,14,16H,3-5,8-10H2,1-2H3,(H2,26,32)(H,27,29)(H,30,31)/t14-,16-,23-/m0/s1. The van der Waals surface area contributed by atoms with Gasteiger partial charge in [0.1, 0.15) is 17.6 Å². The fourth-order valence-corrected chi connectivity index (χ4v) is 5.51. The highest BCUT2D eigenvalue weighted by molar-refractivity contribution is 7.98. The number of halogens is 1. The molecule has 0 radical (unpaired) electrons. The molecule has 4 N–H and O–H groups in total. The van der Waals surface area contributed by atoms with Crippen molar-refractivity contribution in [2.75, 3.05) is 12.0 Å². The van der Waals surface area contributed by atoms with Gasteiger partial charge < -0.3 is 20.7 Å². The van der Waals surface area contributed by atoms with Gasteiger partial charge in [0.2, 0.25) is 11.8 Å². The summed E-state index contributed by atoms with van der Waals surface area (Å²) in [7, 11) is 1.52. The zero-order chi connectivity index (χ0) is 24.3. The maximum Gasteiger partial charge on any atom is 0.352 e. The number of aromatic carboxylic acids is 1. The molecular formula is C23H27FN4O4S. The Bertz CT molecular complexity index is 1140. The first kappa shape index (κ1) is 24.6. The lowest BCUT2D eigenvalue weighted by Gasteiger charge is -2.41. The monoisotopic (exact) mass is 474 g/mol. The predicted molar refractivity (Wildman–Crippen MR) is 123 cm³/mol. The van der Waals surface area contributed by atoms with Crippen molar-refractivity contribution in [2.24, 2.45) is 18.7 Å². The molecule has 1 aliphatic rings. The van der Waals surface area contributed by atoms with E-state index in [9.17, 15) is 29.1 Å². The van der Waals surface area contributed by atoms with Crippen LogP contribution in [0.2, 0.25) is 0 Å². The fourth-order valence-electron chi connectivity index (χ4n) is 5.04. The van der Waals surface area contributed by atoms with Crippen LogP contribution in [-0.2, 0) is 22.1 Å². The first-order valence-electron chi connectivity index (χ1n) is 10.7. The van der Waals surface area contributed by atoms with Gasteiger partial charge in [0.15, 0.2) is 0 Å². The molecule has 0 unspecified atom stereocenters. The average molecular weight is 475 g/mol. The molecule has 1 aromatic carbocycles. The fraction of sp³-hybridized carbons (Fsp3) is 0.478. The molecule has 0 saturated heterocycles. The smallest absolute Gasteiger partial charge is 0.352 e. The number of primary amides is 1. The van der Waals surface area contributed by atoms with E-state index in [2.05, 4.69) is 11.4 Å². The van der Waals surface area contributed by atoms with Gasteiger partial charge >= 0.3 is 5.97 Å². The van der Waals surface area contributed by atoms with E-state index < -0.39 is 41.0 Å². The molecule has 10 heteroatoms. The molecule has 8 nitrogen and oxygen atoms in total. The molecule has 176 valence electrons. The number of nitrogens with one attached hydrogen (secondary N) is 1. The largest absolute Gasteiger partial charge is 0.477 e. The van der Waals surface area contributed by atoms with Crippen molar-refractivity contribution >= 4 is 40.4 Å². The lowest BCUT2D eigenvalue weighted by Crippen LogP contribution is -2.55. The number of aryl methyl sites for hydroxylation is 1. The van der Waals surface area contributed by atoms with Crippen molar-refractivity contribution in [3.63, 3.8) is 0 Å². The van der Waals surface area contributed by atoms with Crippen LogP contribution in [0.25, 0.3) is 10.9 Å². The summed E-state index contributed by atoms with van der Waals surface area (Å²) < 4.78 is 15.6. The zero-order valence-electron chi connectivity index (χ0n) is 18.6. The van der Waals surface area contributed by atoms with Gasteiger partial charge in [0.25, 0.3) is 0 Å². The van der Waals surface area contributed by atoms with Crippen LogP contribution in [-0.4, -0.2) is 45.5 Å². The van der Waals surface area contributed by atoms with Gasteiger partial charge in [0, 0.05) is 23.5 Å². The van der Waals surface area contributed by atoms with Gasteiger partial charge in [-0.25, -0.2) is 9.18 Å². The highest BCUT2D eigenvalue weighted by Crippen LogP contribution is 2.48. The SMILES string of the molecule is CSCC[C@@H](C#N)NC(=O)[C@@H]1CCCC[C@@]1(C(N)=O)c1c(C(=O)O)n(C)c2ccc(F)cc12. The zero-order valence-corrected chi connectivity index (χ0v) is 19.4. The number of carbonyl (C=O) groups is 3. The summed E-state index contributed by atoms with van der Waals surface area (Å²) >= 11 is 1.54. The molecule has 1 saturated carbocycles. The predicted octanol–water partition coefficient (Wildman–Crippen LogP) is 2.69. The number of carbonyl (C=O) groups excluding carboxylic acids is 2. The van der Waals surface area contributed by atoms with Gasteiger partial charge in [0.05, 0.1) is 17.4 Å². The average Bonchev–Trinajstić information content (AvgIpc) is 3.08. The van der Waals surface area contributed by atoms with Crippen molar-refractivity contribution in [1.82, 2.24) is 9.88 Å². The third kappa shape index (κ3) is 4.29. The molecule has 1 aliphatic carbocycles. The number of nitrogens with zero attached hydrogens (tertiary/aromatic N) is 2. The summed E-state index contributed by atoms with van der Waals surface area (Å²) in [5.41, 5.74) is 4.57. The van der Waals surface area contributed by atoms with Crippen molar-refractivity contribution in [3.8, 4) is 6.07 Å². The number of carboxylic acid groups (broad SMARTS) is 1. The van der Waals surface area contributed by atoms with Gasteiger partial charge in [-0.3, -0.25) is 9.59 Å². The molecular weight excluding hydrogens is 447 g/mol. The summed E-state index contributed by atoms with van der Waals surface area (Å²) in [6, 6.07) is 5.16.